The highest BCUT2D eigenvalue weighted by molar-refractivity contribution is 7.18. The number of thiazole rings is 1. The number of carbonyl (C=O) groups excluding carboxylic acids is 1. The molecule has 0 spiro atoms. The van der Waals surface area contributed by atoms with Crippen LogP contribution in [-0.4, -0.2) is 24.0 Å². The number of carbonyl (C=O) groups is 1. The van der Waals surface area contributed by atoms with E-state index in [4.69, 9.17) is 5.73 Å². The molecule has 20 heavy (non-hydrogen) atoms. The second-order valence-corrected chi connectivity index (χ2v) is 7.14. The zero-order chi connectivity index (χ0) is 15.3. The number of aromatic nitrogens is 1. The molecule has 6 heteroatoms. The van der Waals surface area contributed by atoms with Crippen LogP contribution in [0.15, 0.2) is 0 Å². The summed E-state index contributed by atoms with van der Waals surface area (Å²) in [7, 11) is 0. The third-order valence-corrected chi connectivity index (χ3v) is 4.46. The molecule has 0 bridgehead atoms. The van der Waals surface area contributed by atoms with E-state index in [1.807, 2.05) is 0 Å². The van der Waals surface area contributed by atoms with Gasteiger partial charge in [-0.25, -0.2) is 4.98 Å². The van der Waals surface area contributed by atoms with Crippen LogP contribution in [0.1, 0.15) is 50.7 Å². The first-order valence-electron chi connectivity index (χ1n) is 7.04. The number of hydrogen-bond acceptors (Lipinski definition) is 5. The van der Waals surface area contributed by atoms with Gasteiger partial charge in [0.05, 0.1) is 0 Å². The third kappa shape index (κ3) is 4.67. The molecular weight excluding hydrogens is 272 g/mol. The van der Waals surface area contributed by atoms with Gasteiger partial charge in [0, 0.05) is 13.1 Å². The lowest BCUT2D eigenvalue weighted by molar-refractivity contribution is 0.0942. The Kier molecular flexibility index (Phi) is 5.80. The van der Waals surface area contributed by atoms with E-state index >= 15 is 0 Å². The summed E-state index contributed by atoms with van der Waals surface area (Å²) in [5, 5.41) is 6.79. The van der Waals surface area contributed by atoms with Gasteiger partial charge in [0.1, 0.15) is 10.7 Å². The van der Waals surface area contributed by atoms with E-state index < -0.39 is 0 Å². The molecule has 0 saturated carbocycles. The fourth-order valence-electron chi connectivity index (χ4n) is 1.43. The van der Waals surface area contributed by atoms with Gasteiger partial charge in [0.2, 0.25) is 0 Å². The average Bonchev–Trinajstić information content (AvgIpc) is 2.73. The van der Waals surface area contributed by atoms with Crippen LogP contribution >= 0.6 is 11.3 Å². The van der Waals surface area contributed by atoms with Crippen molar-refractivity contribution in [2.75, 3.05) is 24.1 Å². The summed E-state index contributed by atoms with van der Waals surface area (Å²) >= 11 is 1.31. The third-order valence-electron chi connectivity index (χ3n) is 3.43. The van der Waals surface area contributed by atoms with Crippen LogP contribution in [0.25, 0.3) is 0 Å². The van der Waals surface area contributed by atoms with Crippen molar-refractivity contribution in [2.24, 2.45) is 11.3 Å². The highest BCUT2D eigenvalue weighted by Gasteiger charge is 2.22. The molecule has 0 aromatic carbocycles. The number of nitrogens with one attached hydrogen (secondary N) is 2. The normalized spacial score (nSPS) is 13.1. The summed E-state index contributed by atoms with van der Waals surface area (Å²) in [6.45, 7) is 12.2. The highest BCUT2D eigenvalue weighted by Crippen LogP contribution is 2.26. The zero-order valence-corrected chi connectivity index (χ0v) is 13.9. The molecule has 1 aromatic rings. The molecule has 114 valence electrons. The Morgan fingerprint density at radius 1 is 1.45 bits per heavy atom. The van der Waals surface area contributed by atoms with Crippen LogP contribution < -0.4 is 16.4 Å². The Bertz CT molecular complexity index is 451. The maximum atomic E-state index is 12.1. The van der Waals surface area contributed by atoms with Crippen molar-refractivity contribution in [3.63, 3.8) is 0 Å². The predicted octanol–water partition coefficient (Wildman–Crippen LogP) is 2.96. The molecule has 0 aliphatic rings. The van der Waals surface area contributed by atoms with Crippen molar-refractivity contribution in [3.8, 4) is 0 Å². The second-order valence-electron chi connectivity index (χ2n) is 6.14. The minimum atomic E-state index is -0.138. The smallest absolute Gasteiger partial charge is 0.265 e. The van der Waals surface area contributed by atoms with Crippen LogP contribution in [0.4, 0.5) is 10.9 Å². The van der Waals surface area contributed by atoms with Gasteiger partial charge in [-0.15, -0.1) is 0 Å². The summed E-state index contributed by atoms with van der Waals surface area (Å²) < 4.78 is 0. The monoisotopic (exact) mass is 298 g/mol. The number of nitrogens with two attached hydrogens (primary N) is 1. The van der Waals surface area contributed by atoms with Crippen molar-refractivity contribution < 1.29 is 4.79 Å². The highest BCUT2D eigenvalue weighted by atomic mass is 32.1. The summed E-state index contributed by atoms with van der Waals surface area (Å²) in [6, 6.07) is 0. The zero-order valence-electron chi connectivity index (χ0n) is 13.0. The van der Waals surface area contributed by atoms with Gasteiger partial charge in [-0.1, -0.05) is 46.0 Å². The number of hydrogen-bond donors (Lipinski definition) is 3. The quantitative estimate of drug-likeness (QED) is 0.754. The van der Waals surface area contributed by atoms with E-state index in [1.165, 1.54) is 11.3 Å². The Hall–Kier alpha value is -1.30. The Balaban J connectivity index is 2.61. The molecule has 0 aliphatic carbocycles. The van der Waals surface area contributed by atoms with Crippen molar-refractivity contribution in [1.82, 2.24) is 10.3 Å². The molecule has 4 N–H and O–H groups in total. The molecule has 5 nitrogen and oxygen atoms in total. The van der Waals surface area contributed by atoms with Gasteiger partial charge in [-0.2, -0.15) is 0 Å². The minimum Gasteiger partial charge on any atom is -0.382 e. The lowest BCUT2D eigenvalue weighted by Gasteiger charge is -2.27. The van der Waals surface area contributed by atoms with Gasteiger partial charge in [0.25, 0.3) is 5.91 Å². The Morgan fingerprint density at radius 2 is 2.10 bits per heavy atom. The number of nitrogens with zero attached hydrogens (tertiary/aromatic N) is 1. The number of anilines is 2. The summed E-state index contributed by atoms with van der Waals surface area (Å²) in [5.74, 6) is 0.549. The fourth-order valence-corrected chi connectivity index (χ4v) is 2.26. The molecule has 0 saturated heterocycles. The van der Waals surface area contributed by atoms with Crippen LogP contribution in [0.5, 0.6) is 0 Å². The SMILES string of the molecule is CCCNc1nc(N)c(C(=O)NCC(C)C(C)(C)C)s1. The van der Waals surface area contributed by atoms with Crippen molar-refractivity contribution in [2.45, 2.75) is 41.0 Å². The standard InChI is InChI=1S/C14H26N4OS/c1-6-7-16-13-18-11(15)10(20-13)12(19)17-8-9(2)14(3,4)5/h9H,6-8,15H2,1-5H3,(H,16,18)(H,17,19). The molecule has 0 fully saturated rings. The molecule has 0 radical (unpaired) electrons. The lowest BCUT2D eigenvalue weighted by Crippen LogP contribution is -2.33. The van der Waals surface area contributed by atoms with Gasteiger partial charge in [0.15, 0.2) is 5.13 Å². The van der Waals surface area contributed by atoms with Crippen molar-refractivity contribution in [3.05, 3.63) is 4.88 Å². The van der Waals surface area contributed by atoms with E-state index in [-0.39, 0.29) is 11.3 Å². The summed E-state index contributed by atoms with van der Waals surface area (Å²) in [4.78, 5) is 16.8. The minimum absolute atomic E-state index is 0.138. The Morgan fingerprint density at radius 3 is 2.65 bits per heavy atom. The molecule has 1 rings (SSSR count). The second kappa shape index (κ2) is 6.92. The largest absolute Gasteiger partial charge is 0.382 e. The van der Waals surface area contributed by atoms with Crippen molar-refractivity contribution >= 4 is 28.2 Å². The number of rotatable bonds is 6. The maximum absolute atomic E-state index is 12.1. The van der Waals surface area contributed by atoms with Gasteiger partial charge in [-0.05, 0) is 17.8 Å². The van der Waals surface area contributed by atoms with Crippen LogP contribution in [-0.2, 0) is 0 Å². The maximum Gasteiger partial charge on any atom is 0.265 e. The van der Waals surface area contributed by atoms with E-state index in [0.29, 0.717) is 28.3 Å². The first-order valence-corrected chi connectivity index (χ1v) is 7.85. The molecule has 1 aromatic heterocycles. The first-order chi connectivity index (χ1) is 9.25. The van der Waals surface area contributed by atoms with Crippen molar-refractivity contribution in [1.29, 1.82) is 0 Å². The molecular formula is C14H26N4OS. The fraction of sp³-hybridized carbons (Fsp3) is 0.714. The van der Waals surface area contributed by atoms with Crippen LogP contribution in [0, 0.1) is 11.3 Å². The molecule has 1 unspecified atom stereocenters. The molecule has 1 atom stereocenters. The first kappa shape index (κ1) is 16.8. The number of amides is 1. The molecule has 1 amide bonds. The average molecular weight is 298 g/mol. The lowest BCUT2D eigenvalue weighted by atomic mass is 9.82. The van der Waals surface area contributed by atoms with Gasteiger partial charge < -0.3 is 16.4 Å². The van der Waals surface area contributed by atoms with E-state index in [1.54, 1.807) is 0 Å². The Labute approximate surface area is 125 Å². The van der Waals surface area contributed by atoms with Crippen LogP contribution in [0.3, 0.4) is 0 Å². The van der Waals surface area contributed by atoms with E-state index in [0.717, 1.165) is 13.0 Å². The summed E-state index contributed by atoms with van der Waals surface area (Å²) in [6.07, 6.45) is 1.00. The van der Waals surface area contributed by atoms with Gasteiger partial charge >= 0.3 is 0 Å². The summed E-state index contributed by atoms with van der Waals surface area (Å²) in [5.41, 5.74) is 5.97. The van der Waals surface area contributed by atoms with Gasteiger partial charge in [-0.3, -0.25) is 4.79 Å². The molecule has 1 heterocycles. The van der Waals surface area contributed by atoms with E-state index in [9.17, 15) is 4.79 Å². The number of nitrogen functional groups attached to an aromatic ring is 1. The topological polar surface area (TPSA) is 80.0 Å². The molecule has 0 aliphatic heterocycles. The van der Waals surface area contributed by atoms with E-state index in [2.05, 4.69) is 50.2 Å². The predicted molar refractivity (Wildman–Crippen MR) is 86.3 cm³/mol. The van der Waals surface area contributed by atoms with Crippen LogP contribution in [0.2, 0.25) is 0 Å².